The van der Waals surface area contributed by atoms with Gasteiger partial charge in [-0.1, -0.05) is 62.9 Å². The van der Waals surface area contributed by atoms with Crippen molar-refractivity contribution in [1.29, 1.82) is 0 Å². The second-order valence-electron chi connectivity index (χ2n) is 14.2. The van der Waals surface area contributed by atoms with Crippen molar-refractivity contribution < 1.29 is 19.1 Å². The molecular weight excluding hydrogens is 638 g/mol. The first-order chi connectivity index (χ1) is 24.6. The minimum Gasteiger partial charge on any atom is -0.493 e. The molecule has 264 valence electrons. The van der Waals surface area contributed by atoms with E-state index in [1.807, 2.05) is 76.2 Å². The van der Waals surface area contributed by atoms with E-state index in [0.29, 0.717) is 77.2 Å². The van der Waals surface area contributed by atoms with Crippen LogP contribution in [-0.2, 0) is 14.9 Å². The molecule has 3 amide bonds. The summed E-state index contributed by atoms with van der Waals surface area (Å²) in [6.45, 7) is 13.8. The van der Waals surface area contributed by atoms with E-state index < -0.39 is 12.1 Å². The van der Waals surface area contributed by atoms with Gasteiger partial charge in [-0.2, -0.15) is 0 Å². The van der Waals surface area contributed by atoms with E-state index in [1.165, 1.54) is 0 Å². The number of carbonyl (C=O) groups excluding carboxylic acids is 2. The number of ether oxygens (including phenoxy) is 2. The Morgan fingerprint density at radius 1 is 0.843 bits per heavy atom. The maximum atomic E-state index is 15.0. The second kappa shape index (κ2) is 15.4. The molecule has 1 unspecified atom stereocenters. The molecule has 0 spiro atoms. The maximum Gasteiger partial charge on any atom is 0.326 e. The summed E-state index contributed by atoms with van der Waals surface area (Å²) < 4.78 is 11.7. The average molecular weight is 686 g/mol. The molecule has 2 atom stereocenters. The van der Waals surface area contributed by atoms with E-state index in [9.17, 15) is 4.79 Å². The molecular formula is C42H47N5O4. The Labute approximate surface area is 302 Å². The van der Waals surface area contributed by atoms with Crippen LogP contribution < -0.4 is 4.74 Å². The Hall–Kier alpha value is -5.09. The first-order valence-electron chi connectivity index (χ1n) is 17.8. The van der Waals surface area contributed by atoms with Gasteiger partial charge in [0, 0.05) is 50.4 Å². The maximum absolute atomic E-state index is 15.0. The van der Waals surface area contributed by atoms with Gasteiger partial charge in [0.25, 0.3) is 0 Å². The number of aliphatic imine (C=N–C) groups is 1. The first-order valence-corrected chi connectivity index (χ1v) is 17.8. The van der Waals surface area contributed by atoms with Crippen molar-refractivity contribution in [2.75, 3.05) is 65.6 Å². The minimum absolute atomic E-state index is 0.100. The molecule has 0 aliphatic carbocycles. The lowest BCUT2D eigenvalue weighted by atomic mass is 9.86. The van der Waals surface area contributed by atoms with Gasteiger partial charge >= 0.3 is 6.03 Å². The largest absolute Gasteiger partial charge is 0.493 e. The summed E-state index contributed by atoms with van der Waals surface area (Å²) in [7, 11) is 0. The number of morpholine rings is 1. The van der Waals surface area contributed by atoms with Crippen molar-refractivity contribution >= 4 is 17.8 Å². The van der Waals surface area contributed by atoms with Crippen LogP contribution in [0.4, 0.5) is 4.79 Å². The summed E-state index contributed by atoms with van der Waals surface area (Å²) in [6, 6.07) is 20.7. The van der Waals surface area contributed by atoms with Gasteiger partial charge in [0.05, 0.1) is 38.0 Å². The van der Waals surface area contributed by atoms with Crippen LogP contribution >= 0.6 is 0 Å². The molecule has 0 N–H and O–H groups in total. The van der Waals surface area contributed by atoms with Crippen LogP contribution in [0.1, 0.15) is 73.2 Å². The number of hydrogen-bond acceptors (Lipinski definition) is 6. The van der Waals surface area contributed by atoms with Crippen molar-refractivity contribution in [2.24, 2.45) is 4.99 Å². The van der Waals surface area contributed by atoms with Gasteiger partial charge in [-0.15, -0.1) is 12.8 Å². The number of benzene rings is 3. The summed E-state index contributed by atoms with van der Waals surface area (Å²) in [5, 5.41) is 0. The molecule has 9 heteroatoms. The smallest absolute Gasteiger partial charge is 0.326 e. The molecule has 51 heavy (non-hydrogen) atoms. The third kappa shape index (κ3) is 7.81. The number of urea groups is 1. The third-order valence-corrected chi connectivity index (χ3v) is 9.86. The molecule has 9 nitrogen and oxygen atoms in total. The fraction of sp³-hybridized carbons (Fsp3) is 0.405. The lowest BCUT2D eigenvalue weighted by Crippen LogP contribution is -2.56. The molecule has 2 saturated heterocycles. The van der Waals surface area contributed by atoms with Crippen molar-refractivity contribution in [3.63, 3.8) is 0 Å². The molecule has 3 aliphatic rings. The number of carbonyl (C=O) groups is 2. The molecule has 3 aliphatic heterocycles. The quantitative estimate of drug-likeness (QED) is 0.308. The molecule has 0 bridgehead atoms. The van der Waals surface area contributed by atoms with E-state index in [0.717, 1.165) is 33.4 Å². The Kier molecular flexibility index (Phi) is 10.8. The lowest BCUT2D eigenvalue weighted by molar-refractivity contribution is -0.136. The zero-order chi connectivity index (χ0) is 36.1. The summed E-state index contributed by atoms with van der Waals surface area (Å²) in [4.78, 5) is 41.1. The summed E-state index contributed by atoms with van der Waals surface area (Å²) in [5.41, 5.74) is 5.13. The number of amidine groups is 1. The highest BCUT2D eigenvalue weighted by Gasteiger charge is 2.45. The van der Waals surface area contributed by atoms with E-state index >= 15 is 4.79 Å². The zero-order valence-electron chi connectivity index (χ0n) is 30.1. The van der Waals surface area contributed by atoms with Crippen LogP contribution in [0.15, 0.2) is 71.7 Å². The van der Waals surface area contributed by atoms with E-state index in [2.05, 4.69) is 49.6 Å². The molecule has 2 fully saturated rings. The van der Waals surface area contributed by atoms with E-state index in [4.69, 9.17) is 27.3 Å². The highest BCUT2D eigenvalue weighted by atomic mass is 16.5. The number of hydrogen-bond donors (Lipinski definition) is 0. The minimum atomic E-state index is -0.478. The van der Waals surface area contributed by atoms with Gasteiger partial charge in [-0.25, -0.2) is 4.79 Å². The second-order valence-corrected chi connectivity index (χ2v) is 14.2. The van der Waals surface area contributed by atoms with Crippen molar-refractivity contribution in [3.8, 4) is 30.4 Å². The van der Waals surface area contributed by atoms with Crippen LogP contribution in [0.2, 0.25) is 0 Å². The molecule has 0 aromatic heterocycles. The molecule has 0 saturated carbocycles. The normalized spacial score (nSPS) is 19.6. The monoisotopic (exact) mass is 685 g/mol. The van der Waals surface area contributed by atoms with Crippen LogP contribution in [-0.4, -0.2) is 103 Å². The fourth-order valence-corrected chi connectivity index (χ4v) is 6.89. The van der Waals surface area contributed by atoms with Crippen molar-refractivity contribution in [1.82, 2.24) is 19.6 Å². The van der Waals surface area contributed by atoms with Crippen molar-refractivity contribution in [2.45, 2.75) is 45.2 Å². The van der Waals surface area contributed by atoms with Crippen LogP contribution in [0.25, 0.3) is 0 Å². The Bertz CT molecular complexity index is 1830. The van der Waals surface area contributed by atoms with E-state index in [-0.39, 0.29) is 17.4 Å². The number of amides is 3. The van der Waals surface area contributed by atoms with Gasteiger partial charge in [0.1, 0.15) is 17.6 Å². The van der Waals surface area contributed by atoms with Gasteiger partial charge < -0.3 is 19.3 Å². The Balaban J connectivity index is 1.39. The highest BCUT2D eigenvalue weighted by molar-refractivity contribution is 6.11. The molecule has 3 heterocycles. The Morgan fingerprint density at radius 3 is 2.02 bits per heavy atom. The SMILES string of the molecule is C#Cc1ccc(C2[C@H](c3ccc(C#C)cc3)N=C(c3ccc(C(C)(C)C)cc3OCC)N2C(=O)N2CCN(CC(=O)N3CCOCC3)CC2)cc1. The summed E-state index contributed by atoms with van der Waals surface area (Å²) >= 11 is 0. The van der Waals surface area contributed by atoms with Gasteiger partial charge in [0.2, 0.25) is 5.91 Å². The first kappa shape index (κ1) is 35.7. The number of nitrogens with zero attached hydrogens (tertiary/aromatic N) is 5. The molecule has 6 rings (SSSR count). The molecule has 0 radical (unpaired) electrons. The van der Waals surface area contributed by atoms with Gasteiger partial charge in [-0.3, -0.25) is 19.6 Å². The third-order valence-electron chi connectivity index (χ3n) is 9.86. The van der Waals surface area contributed by atoms with Crippen LogP contribution in [0.3, 0.4) is 0 Å². The number of rotatable bonds is 7. The number of terminal acetylenes is 2. The predicted octanol–water partition coefficient (Wildman–Crippen LogP) is 5.49. The average Bonchev–Trinajstić information content (AvgIpc) is 3.55. The highest BCUT2D eigenvalue weighted by Crippen LogP contribution is 2.45. The van der Waals surface area contributed by atoms with Crippen LogP contribution in [0, 0.1) is 24.7 Å². The fourth-order valence-electron chi connectivity index (χ4n) is 6.89. The van der Waals surface area contributed by atoms with E-state index in [1.54, 1.807) is 0 Å². The molecule has 3 aromatic carbocycles. The lowest BCUT2D eigenvalue weighted by Gasteiger charge is -2.39. The summed E-state index contributed by atoms with van der Waals surface area (Å²) in [5.74, 6) is 6.74. The zero-order valence-corrected chi connectivity index (χ0v) is 30.1. The predicted molar refractivity (Wildman–Crippen MR) is 200 cm³/mol. The standard InChI is InChI=1S/C42H47N5O4/c1-7-30-10-14-32(15-11-30)38-39(33-16-12-31(8-2)13-17-33)47(40(43-38)35-19-18-34(42(4,5)6)28-36(35)51-9-3)41(49)46-22-20-44(21-23-46)29-37(48)45-24-26-50-27-25-45/h1-2,10-19,28,38-39H,9,20-27,29H2,3-6H3/t38-,39?/m0/s1. The number of piperazine rings is 1. The summed E-state index contributed by atoms with van der Waals surface area (Å²) in [6.07, 6.45) is 11.4. The van der Waals surface area contributed by atoms with Crippen molar-refractivity contribution in [3.05, 3.63) is 100 Å². The topological polar surface area (TPSA) is 77.9 Å². The van der Waals surface area contributed by atoms with Gasteiger partial charge in [-0.05, 0) is 65.4 Å². The molecule has 3 aromatic rings. The van der Waals surface area contributed by atoms with Crippen LogP contribution in [0.5, 0.6) is 5.75 Å². The van der Waals surface area contributed by atoms with Gasteiger partial charge in [0.15, 0.2) is 0 Å². The Morgan fingerprint density at radius 2 is 1.45 bits per heavy atom.